The minimum absolute atomic E-state index is 0.550. The highest BCUT2D eigenvalue weighted by atomic mass is 16.5. The van der Waals surface area contributed by atoms with Crippen molar-refractivity contribution in [2.45, 2.75) is 38.8 Å². The number of hydrogen-bond acceptors (Lipinski definition) is 2. The van der Waals surface area contributed by atoms with E-state index < -0.39 is 0 Å². The molecule has 1 aliphatic rings. The SMILES string of the molecule is CO[C@H]1C[C@H](CNC(C)C)C1. The van der Waals surface area contributed by atoms with Gasteiger partial charge in [0.1, 0.15) is 0 Å². The van der Waals surface area contributed by atoms with Crippen LogP contribution in [0.2, 0.25) is 0 Å². The standard InChI is InChI=1S/C9H19NO/c1-7(2)10-6-8-4-9(5-8)11-3/h7-10H,4-6H2,1-3H3/t8-,9-. The van der Waals surface area contributed by atoms with Gasteiger partial charge in [-0.3, -0.25) is 0 Å². The van der Waals surface area contributed by atoms with Crippen LogP contribution in [0.15, 0.2) is 0 Å². The molecule has 0 aliphatic heterocycles. The monoisotopic (exact) mass is 157 g/mol. The lowest BCUT2D eigenvalue weighted by Gasteiger charge is -2.34. The van der Waals surface area contributed by atoms with Crippen LogP contribution in [0.5, 0.6) is 0 Å². The highest BCUT2D eigenvalue weighted by Crippen LogP contribution is 2.28. The van der Waals surface area contributed by atoms with E-state index in [-0.39, 0.29) is 0 Å². The molecular weight excluding hydrogens is 138 g/mol. The van der Waals surface area contributed by atoms with E-state index in [1.165, 1.54) is 12.8 Å². The predicted molar refractivity (Wildman–Crippen MR) is 46.7 cm³/mol. The minimum atomic E-state index is 0.550. The zero-order valence-corrected chi connectivity index (χ0v) is 7.76. The molecule has 2 heteroatoms. The molecule has 1 rings (SSSR count). The van der Waals surface area contributed by atoms with Crippen LogP contribution < -0.4 is 5.32 Å². The molecule has 0 aromatic rings. The topological polar surface area (TPSA) is 21.3 Å². The molecule has 0 amide bonds. The molecule has 1 N–H and O–H groups in total. The van der Waals surface area contributed by atoms with Gasteiger partial charge in [-0.2, -0.15) is 0 Å². The molecule has 0 atom stereocenters. The van der Waals surface area contributed by atoms with Gasteiger partial charge in [0.2, 0.25) is 0 Å². The first-order chi connectivity index (χ1) is 5.22. The van der Waals surface area contributed by atoms with Crippen LogP contribution in [0.25, 0.3) is 0 Å². The molecule has 0 saturated heterocycles. The van der Waals surface area contributed by atoms with E-state index in [2.05, 4.69) is 19.2 Å². The Morgan fingerprint density at radius 1 is 1.45 bits per heavy atom. The first-order valence-corrected chi connectivity index (χ1v) is 4.48. The number of methoxy groups -OCH3 is 1. The zero-order valence-electron chi connectivity index (χ0n) is 7.76. The molecule has 66 valence electrons. The second-order valence-corrected chi connectivity index (χ2v) is 3.76. The number of ether oxygens (including phenoxy) is 1. The molecule has 0 radical (unpaired) electrons. The molecule has 0 spiro atoms. The van der Waals surface area contributed by atoms with Gasteiger partial charge in [-0.25, -0.2) is 0 Å². The molecule has 1 aliphatic carbocycles. The van der Waals surface area contributed by atoms with Gasteiger partial charge in [-0.15, -0.1) is 0 Å². The van der Waals surface area contributed by atoms with E-state index in [0.29, 0.717) is 12.1 Å². The van der Waals surface area contributed by atoms with Crippen molar-refractivity contribution < 1.29 is 4.74 Å². The molecule has 1 fully saturated rings. The first-order valence-electron chi connectivity index (χ1n) is 4.48. The lowest BCUT2D eigenvalue weighted by Crippen LogP contribution is -2.39. The minimum Gasteiger partial charge on any atom is -0.381 e. The lowest BCUT2D eigenvalue weighted by molar-refractivity contribution is 0.00111. The van der Waals surface area contributed by atoms with Crippen LogP contribution in [-0.2, 0) is 4.74 Å². The third kappa shape index (κ3) is 2.80. The van der Waals surface area contributed by atoms with Crippen molar-refractivity contribution in [3.63, 3.8) is 0 Å². The Balaban J connectivity index is 1.96. The summed E-state index contributed by atoms with van der Waals surface area (Å²) in [5.74, 6) is 0.863. The maximum atomic E-state index is 5.20. The van der Waals surface area contributed by atoms with Gasteiger partial charge in [-0.05, 0) is 25.3 Å². The second-order valence-electron chi connectivity index (χ2n) is 3.76. The highest BCUT2D eigenvalue weighted by Gasteiger charge is 2.28. The van der Waals surface area contributed by atoms with Crippen molar-refractivity contribution in [2.24, 2.45) is 5.92 Å². The summed E-state index contributed by atoms with van der Waals surface area (Å²) < 4.78 is 5.20. The van der Waals surface area contributed by atoms with Gasteiger partial charge in [-0.1, -0.05) is 13.8 Å². The summed E-state index contributed by atoms with van der Waals surface area (Å²) in [4.78, 5) is 0. The smallest absolute Gasteiger partial charge is 0.0577 e. The number of nitrogens with one attached hydrogen (secondary N) is 1. The Labute approximate surface area is 69.3 Å². The first kappa shape index (κ1) is 9.01. The Morgan fingerprint density at radius 3 is 2.55 bits per heavy atom. The second kappa shape index (κ2) is 4.07. The molecule has 0 heterocycles. The maximum Gasteiger partial charge on any atom is 0.0577 e. The van der Waals surface area contributed by atoms with Gasteiger partial charge in [0.15, 0.2) is 0 Å². The van der Waals surface area contributed by atoms with Crippen molar-refractivity contribution in [1.29, 1.82) is 0 Å². The molecule has 0 aromatic heterocycles. The van der Waals surface area contributed by atoms with Gasteiger partial charge in [0, 0.05) is 13.2 Å². The average molecular weight is 157 g/mol. The van der Waals surface area contributed by atoms with Crippen molar-refractivity contribution in [3.05, 3.63) is 0 Å². The van der Waals surface area contributed by atoms with Crippen molar-refractivity contribution in [3.8, 4) is 0 Å². The third-order valence-electron chi connectivity index (χ3n) is 2.34. The molecule has 2 nitrogen and oxygen atoms in total. The van der Waals surface area contributed by atoms with Crippen LogP contribution in [-0.4, -0.2) is 25.8 Å². The fourth-order valence-corrected chi connectivity index (χ4v) is 1.44. The molecular formula is C9H19NO. The summed E-state index contributed by atoms with van der Waals surface area (Å²) in [6.45, 7) is 5.54. The number of rotatable bonds is 4. The van der Waals surface area contributed by atoms with E-state index in [1.54, 1.807) is 7.11 Å². The average Bonchev–Trinajstić information content (AvgIpc) is 1.84. The van der Waals surface area contributed by atoms with Gasteiger partial charge < -0.3 is 10.1 Å². The van der Waals surface area contributed by atoms with E-state index in [1.807, 2.05) is 0 Å². The van der Waals surface area contributed by atoms with Crippen LogP contribution in [0, 0.1) is 5.92 Å². The van der Waals surface area contributed by atoms with E-state index >= 15 is 0 Å². The predicted octanol–water partition coefficient (Wildman–Crippen LogP) is 1.41. The Kier molecular flexibility index (Phi) is 3.34. The van der Waals surface area contributed by atoms with Crippen molar-refractivity contribution in [1.82, 2.24) is 5.32 Å². The summed E-state index contributed by atoms with van der Waals surface area (Å²) in [6.07, 6.45) is 3.04. The van der Waals surface area contributed by atoms with Crippen LogP contribution in [0.3, 0.4) is 0 Å². The molecule has 0 aromatic carbocycles. The van der Waals surface area contributed by atoms with E-state index in [4.69, 9.17) is 4.74 Å². The van der Waals surface area contributed by atoms with Crippen LogP contribution in [0.4, 0.5) is 0 Å². The Hall–Kier alpha value is -0.0800. The van der Waals surface area contributed by atoms with Crippen molar-refractivity contribution in [2.75, 3.05) is 13.7 Å². The summed E-state index contributed by atoms with van der Waals surface area (Å²) in [5, 5.41) is 3.44. The van der Waals surface area contributed by atoms with Crippen LogP contribution in [0.1, 0.15) is 26.7 Å². The summed E-state index contributed by atoms with van der Waals surface area (Å²) in [5.41, 5.74) is 0. The molecule has 0 bridgehead atoms. The van der Waals surface area contributed by atoms with Gasteiger partial charge in [0.05, 0.1) is 6.10 Å². The lowest BCUT2D eigenvalue weighted by atomic mass is 9.82. The van der Waals surface area contributed by atoms with Crippen molar-refractivity contribution >= 4 is 0 Å². The van der Waals surface area contributed by atoms with Crippen LogP contribution >= 0.6 is 0 Å². The summed E-state index contributed by atoms with van der Waals surface area (Å²) in [7, 11) is 1.80. The fourth-order valence-electron chi connectivity index (χ4n) is 1.44. The fraction of sp³-hybridized carbons (Fsp3) is 1.00. The van der Waals surface area contributed by atoms with Gasteiger partial charge in [0.25, 0.3) is 0 Å². The Bertz CT molecular complexity index is 108. The highest BCUT2D eigenvalue weighted by molar-refractivity contribution is 4.81. The summed E-state index contributed by atoms with van der Waals surface area (Å²) >= 11 is 0. The Morgan fingerprint density at radius 2 is 2.09 bits per heavy atom. The molecule has 0 unspecified atom stereocenters. The van der Waals surface area contributed by atoms with E-state index in [0.717, 1.165) is 12.5 Å². The zero-order chi connectivity index (χ0) is 8.27. The maximum absolute atomic E-state index is 5.20. The quantitative estimate of drug-likeness (QED) is 0.666. The normalized spacial score (nSPS) is 30.5. The third-order valence-corrected chi connectivity index (χ3v) is 2.34. The van der Waals surface area contributed by atoms with Gasteiger partial charge >= 0.3 is 0 Å². The number of hydrogen-bond donors (Lipinski definition) is 1. The molecule has 1 saturated carbocycles. The summed E-state index contributed by atoms with van der Waals surface area (Å²) in [6, 6.07) is 0.622. The molecule has 11 heavy (non-hydrogen) atoms. The largest absolute Gasteiger partial charge is 0.381 e. The van der Waals surface area contributed by atoms with E-state index in [9.17, 15) is 0 Å².